The van der Waals surface area contributed by atoms with Crippen molar-refractivity contribution >= 4 is 5.91 Å². The molecule has 2 aromatic rings. The average molecular weight is 254 g/mol. The number of hydrogen-bond donors (Lipinski definition) is 2. The van der Waals surface area contributed by atoms with Crippen LogP contribution in [0.15, 0.2) is 54.6 Å². The van der Waals surface area contributed by atoms with E-state index in [9.17, 15) is 4.79 Å². The van der Waals surface area contributed by atoms with Gasteiger partial charge in [0.1, 0.15) is 0 Å². The zero-order chi connectivity index (χ0) is 13.5. The van der Waals surface area contributed by atoms with E-state index in [1.54, 1.807) is 0 Å². The second kappa shape index (κ2) is 6.71. The number of hydrogen-bond acceptors (Lipinski definition) is 2. The van der Waals surface area contributed by atoms with Crippen LogP contribution >= 0.6 is 0 Å². The van der Waals surface area contributed by atoms with Crippen molar-refractivity contribution in [2.24, 2.45) is 5.73 Å². The third-order valence-electron chi connectivity index (χ3n) is 2.89. The van der Waals surface area contributed by atoms with E-state index in [2.05, 4.69) is 17.4 Å². The van der Waals surface area contributed by atoms with E-state index in [1.807, 2.05) is 42.5 Å². The van der Waals surface area contributed by atoms with E-state index in [0.717, 1.165) is 11.1 Å². The number of nitrogens with one attached hydrogen (secondary N) is 1. The van der Waals surface area contributed by atoms with Gasteiger partial charge in [-0.15, -0.1) is 0 Å². The molecule has 0 aromatic heterocycles. The minimum absolute atomic E-state index is 0.0120. The van der Waals surface area contributed by atoms with Gasteiger partial charge >= 0.3 is 0 Å². The van der Waals surface area contributed by atoms with Crippen molar-refractivity contribution < 1.29 is 4.79 Å². The Hall–Kier alpha value is -2.13. The summed E-state index contributed by atoms with van der Waals surface area (Å²) in [5.41, 5.74) is 8.69. The van der Waals surface area contributed by atoms with E-state index >= 15 is 0 Å². The highest BCUT2D eigenvalue weighted by Gasteiger charge is 2.03. The molecular weight excluding hydrogens is 236 g/mol. The third kappa shape index (κ3) is 3.93. The lowest BCUT2D eigenvalue weighted by molar-refractivity contribution is -0.120. The van der Waals surface area contributed by atoms with Crippen molar-refractivity contribution in [1.29, 1.82) is 0 Å². The number of carbonyl (C=O) groups excluding carboxylic acids is 1. The predicted molar refractivity (Wildman–Crippen MR) is 77.6 cm³/mol. The molecule has 0 saturated carbocycles. The summed E-state index contributed by atoms with van der Waals surface area (Å²) in [5.74, 6) is 0.0120. The van der Waals surface area contributed by atoms with Crippen molar-refractivity contribution in [1.82, 2.24) is 5.32 Å². The van der Waals surface area contributed by atoms with Gasteiger partial charge in [0, 0.05) is 13.1 Å². The van der Waals surface area contributed by atoms with E-state index in [1.165, 1.54) is 5.56 Å². The number of amides is 1. The highest BCUT2D eigenvalue weighted by molar-refractivity contribution is 5.78. The molecule has 0 aliphatic rings. The molecule has 0 unspecified atom stereocenters. The Morgan fingerprint density at radius 1 is 0.947 bits per heavy atom. The predicted octanol–water partition coefficient (Wildman–Crippen LogP) is 1.97. The van der Waals surface area contributed by atoms with E-state index in [0.29, 0.717) is 19.5 Å². The number of carbonyl (C=O) groups is 1. The lowest BCUT2D eigenvalue weighted by Crippen LogP contribution is -2.30. The molecule has 3 N–H and O–H groups in total. The van der Waals surface area contributed by atoms with E-state index < -0.39 is 0 Å². The number of nitrogens with two attached hydrogens (primary N) is 1. The topological polar surface area (TPSA) is 55.1 Å². The fraction of sp³-hybridized carbons (Fsp3) is 0.188. The Morgan fingerprint density at radius 2 is 1.58 bits per heavy atom. The molecule has 0 heterocycles. The molecular formula is C16H18N2O. The van der Waals surface area contributed by atoms with Crippen LogP contribution in [-0.2, 0) is 11.2 Å². The van der Waals surface area contributed by atoms with E-state index in [-0.39, 0.29) is 5.91 Å². The zero-order valence-corrected chi connectivity index (χ0v) is 10.8. The minimum Gasteiger partial charge on any atom is -0.355 e. The average Bonchev–Trinajstić information content (AvgIpc) is 2.47. The molecule has 0 fully saturated rings. The van der Waals surface area contributed by atoms with Gasteiger partial charge in [-0.2, -0.15) is 0 Å². The van der Waals surface area contributed by atoms with Gasteiger partial charge < -0.3 is 11.1 Å². The fourth-order valence-corrected chi connectivity index (χ4v) is 1.91. The van der Waals surface area contributed by atoms with Crippen LogP contribution in [0.5, 0.6) is 0 Å². The lowest BCUT2D eigenvalue weighted by Gasteiger charge is -2.05. The van der Waals surface area contributed by atoms with Crippen molar-refractivity contribution in [2.75, 3.05) is 13.1 Å². The molecule has 98 valence electrons. The van der Waals surface area contributed by atoms with Gasteiger partial charge in [-0.3, -0.25) is 4.79 Å². The van der Waals surface area contributed by atoms with Crippen LogP contribution in [0.3, 0.4) is 0 Å². The van der Waals surface area contributed by atoms with Crippen LogP contribution in [0.25, 0.3) is 11.1 Å². The fourth-order valence-electron chi connectivity index (χ4n) is 1.91. The van der Waals surface area contributed by atoms with Crippen LogP contribution in [0.1, 0.15) is 5.56 Å². The Kier molecular flexibility index (Phi) is 4.70. The SMILES string of the molecule is NCCNC(=O)Cc1ccc(-c2ccccc2)cc1. The summed E-state index contributed by atoms with van der Waals surface area (Å²) in [7, 11) is 0. The zero-order valence-electron chi connectivity index (χ0n) is 10.8. The third-order valence-corrected chi connectivity index (χ3v) is 2.89. The molecule has 0 aliphatic heterocycles. The molecule has 0 radical (unpaired) electrons. The maximum atomic E-state index is 11.6. The highest BCUT2D eigenvalue weighted by atomic mass is 16.1. The largest absolute Gasteiger partial charge is 0.355 e. The number of benzene rings is 2. The van der Waals surface area contributed by atoms with Crippen LogP contribution in [0, 0.1) is 0 Å². The lowest BCUT2D eigenvalue weighted by atomic mass is 10.0. The monoisotopic (exact) mass is 254 g/mol. The quantitative estimate of drug-likeness (QED) is 0.857. The normalized spacial score (nSPS) is 10.2. The number of rotatable bonds is 5. The second-order valence-electron chi connectivity index (χ2n) is 4.38. The summed E-state index contributed by atoms with van der Waals surface area (Å²) in [6.07, 6.45) is 0.398. The second-order valence-corrected chi connectivity index (χ2v) is 4.38. The van der Waals surface area contributed by atoms with Crippen LogP contribution in [0.4, 0.5) is 0 Å². The first-order valence-corrected chi connectivity index (χ1v) is 6.41. The Bertz CT molecular complexity index is 520. The first kappa shape index (κ1) is 13.3. The van der Waals surface area contributed by atoms with Gasteiger partial charge in [-0.05, 0) is 16.7 Å². The van der Waals surface area contributed by atoms with Crippen LogP contribution in [0.2, 0.25) is 0 Å². The van der Waals surface area contributed by atoms with Crippen LogP contribution in [-0.4, -0.2) is 19.0 Å². The Morgan fingerprint density at radius 3 is 2.21 bits per heavy atom. The van der Waals surface area contributed by atoms with Crippen molar-refractivity contribution in [3.05, 3.63) is 60.2 Å². The molecule has 3 nitrogen and oxygen atoms in total. The molecule has 3 heteroatoms. The summed E-state index contributed by atoms with van der Waals surface area (Å²) in [5, 5.41) is 2.76. The summed E-state index contributed by atoms with van der Waals surface area (Å²) in [6, 6.07) is 18.2. The maximum absolute atomic E-state index is 11.6. The smallest absolute Gasteiger partial charge is 0.224 e. The summed E-state index contributed by atoms with van der Waals surface area (Å²) < 4.78 is 0. The molecule has 0 spiro atoms. The van der Waals surface area contributed by atoms with Crippen LogP contribution < -0.4 is 11.1 Å². The summed E-state index contributed by atoms with van der Waals surface area (Å²) in [4.78, 5) is 11.6. The first-order valence-electron chi connectivity index (χ1n) is 6.41. The van der Waals surface area contributed by atoms with Gasteiger partial charge in [-0.25, -0.2) is 0 Å². The standard InChI is InChI=1S/C16H18N2O/c17-10-11-18-16(19)12-13-6-8-15(9-7-13)14-4-2-1-3-5-14/h1-9H,10-12,17H2,(H,18,19). The van der Waals surface area contributed by atoms with Gasteiger partial charge in [0.2, 0.25) is 5.91 Å². The van der Waals surface area contributed by atoms with Gasteiger partial charge in [0.25, 0.3) is 0 Å². The van der Waals surface area contributed by atoms with E-state index in [4.69, 9.17) is 5.73 Å². The molecule has 1 amide bonds. The maximum Gasteiger partial charge on any atom is 0.224 e. The molecule has 0 saturated heterocycles. The Balaban J connectivity index is 2.01. The summed E-state index contributed by atoms with van der Waals surface area (Å²) >= 11 is 0. The van der Waals surface area contributed by atoms with Gasteiger partial charge in [0.05, 0.1) is 6.42 Å². The summed E-state index contributed by atoms with van der Waals surface area (Å²) in [6.45, 7) is 1.000. The molecule has 0 atom stereocenters. The molecule has 19 heavy (non-hydrogen) atoms. The molecule has 0 bridgehead atoms. The molecule has 2 rings (SSSR count). The Labute approximate surface area is 113 Å². The van der Waals surface area contributed by atoms with Crippen molar-refractivity contribution in [2.45, 2.75) is 6.42 Å². The van der Waals surface area contributed by atoms with Gasteiger partial charge in [-0.1, -0.05) is 54.6 Å². The first-order chi connectivity index (χ1) is 9.29. The molecule has 2 aromatic carbocycles. The van der Waals surface area contributed by atoms with Gasteiger partial charge in [0.15, 0.2) is 0 Å². The van der Waals surface area contributed by atoms with Crippen molar-refractivity contribution in [3.8, 4) is 11.1 Å². The molecule has 0 aliphatic carbocycles. The minimum atomic E-state index is 0.0120. The van der Waals surface area contributed by atoms with Crippen molar-refractivity contribution in [3.63, 3.8) is 0 Å². The highest BCUT2D eigenvalue weighted by Crippen LogP contribution is 2.19.